The van der Waals surface area contributed by atoms with Gasteiger partial charge in [0.1, 0.15) is 0 Å². The van der Waals surface area contributed by atoms with E-state index in [2.05, 4.69) is 171 Å². The Morgan fingerprint density at radius 1 is 0.535 bits per heavy atom. The molecule has 2 atom stereocenters. The molecule has 43 heavy (non-hydrogen) atoms. The van der Waals surface area contributed by atoms with E-state index in [0.717, 1.165) is 12.8 Å². The summed E-state index contributed by atoms with van der Waals surface area (Å²) in [5, 5.41) is 3.86. The summed E-state index contributed by atoms with van der Waals surface area (Å²) in [6.07, 6.45) is 11.6. The molecule has 0 aromatic heterocycles. The van der Waals surface area contributed by atoms with Crippen LogP contribution >= 0.6 is 0 Å². The van der Waals surface area contributed by atoms with Gasteiger partial charge in [0.25, 0.3) is 8.32 Å². The second kappa shape index (κ2) is 11.8. The molecular weight excluding hydrogens is 537 g/mol. The van der Waals surface area contributed by atoms with Crippen LogP contribution in [0.25, 0.3) is 12.2 Å². The van der Waals surface area contributed by atoms with Gasteiger partial charge in [0, 0.05) is 18.4 Å². The van der Waals surface area contributed by atoms with E-state index >= 15 is 0 Å². The lowest BCUT2D eigenvalue weighted by Gasteiger charge is -2.41. The Hall–Kier alpha value is -4.24. The molecule has 2 aliphatic carbocycles. The van der Waals surface area contributed by atoms with Crippen molar-refractivity contribution in [3.05, 3.63) is 174 Å². The normalized spacial score (nSPS) is 18.3. The van der Waals surface area contributed by atoms with Crippen LogP contribution in [-0.2, 0) is 4.43 Å². The Morgan fingerprint density at radius 2 is 0.930 bits per heavy atom. The Balaban J connectivity index is 1.23. The summed E-state index contributed by atoms with van der Waals surface area (Å²) in [6.45, 7) is 3.22. The molecule has 2 heteroatoms. The minimum atomic E-state index is -2.73. The lowest BCUT2D eigenvalue weighted by Crippen LogP contribution is -2.69. The molecule has 0 saturated carbocycles. The molecule has 1 nitrogen and oxygen atoms in total. The standard InChI is InChI=1S/C41H38OSi/c1-41(39-28-26-32-16-11-13-24-37(32)39,40-29-27-33-17-12-14-25-38(33)40)30-15-31-42-43(34-18-5-2-6-19-34,35-20-7-3-8-21-35)36-22-9-4-10-23-36/h2-14,16-29,39-40H,15,30-31H2,1H3. The van der Waals surface area contributed by atoms with Crippen LogP contribution < -0.4 is 15.6 Å². The predicted molar refractivity (Wildman–Crippen MR) is 184 cm³/mol. The van der Waals surface area contributed by atoms with Crippen molar-refractivity contribution in [1.82, 2.24) is 0 Å². The molecule has 0 heterocycles. The fourth-order valence-electron chi connectivity index (χ4n) is 7.60. The molecule has 0 N–H and O–H groups in total. The zero-order chi connectivity index (χ0) is 29.1. The van der Waals surface area contributed by atoms with Crippen molar-refractivity contribution in [2.24, 2.45) is 5.41 Å². The first-order valence-electron chi connectivity index (χ1n) is 15.5. The summed E-state index contributed by atoms with van der Waals surface area (Å²) in [5.41, 5.74) is 5.62. The van der Waals surface area contributed by atoms with Gasteiger partial charge in [-0.3, -0.25) is 0 Å². The van der Waals surface area contributed by atoms with Crippen LogP contribution in [0.2, 0.25) is 0 Å². The molecule has 5 aromatic rings. The predicted octanol–water partition coefficient (Wildman–Crippen LogP) is 8.08. The molecule has 0 aliphatic heterocycles. The molecule has 2 unspecified atom stereocenters. The number of hydrogen-bond donors (Lipinski definition) is 0. The van der Waals surface area contributed by atoms with Gasteiger partial charge in [0.2, 0.25) is 0 Å². The maximum absolute atomic E-state index is 7.35. The zero-order valence-corrected chi connectivity index (χ0v) is 25.8. The van der Waals surface area contributed by atoms with E-state index in [4.69, 9.17) is 4.43 Å². The van der Waals surface area contributed by atoms with Crippen LogP contribution in [0.4, 0.5) is 0 Å². The van der Waals surface area contributed by atoms with Gasteiger partial charge < -0.3 is 4.43 Å². The molecule has 5 aromatic carbocycles. The zero-order valence-electron chi connectivity index (χ0n) is 24.8. The molecule has 0 saturated heterocycles. The fraction of sp³-hybridized carbons (Fsp3) is 0.171. The van der Waals surface area contributed by atoms with Gasteiger partial charge in [-0.2, -0.15) is 0 Å². The first-order valence-corrected chi connectivity index (χ1v) is 17.5. The van der Waals surface area contributed by atoms with Gasteiger partial charge in [0.05, 0.1) is 0 Å². The van der Waals surface area contributed by atoms with Crippen molar-refractivity contribution in [2.75, 3.05) is 6.61 Å². The SMILES string of the molecule is CC(CCCO[Si](c1ccccc1)(c1ccccc1)c1ccccc1)(C1C=Cc2ccccc21)C1C=Cc2ccccc21. The van der Waals surface area contributed by atoms with E-state index in [-0.39, 0.29) is 5.41 Å². The van der Waals surface area contributed by atoms with Crippen molar-refractivity contribution >= 4 is 36.0 Å². The summed E-state index contributed by atoms with van der Waals surface area (Å²) in [4.78, 5) is 0. The van der Waals surface area contributed by atoms with E-state index < -0.39 is 8.32 Å². The lowest BCUT2D eigenvalue weighted by molar-refractivity contribution is 0.202. The molecule has 0 fully saturated rings. The monoisotopic (exact) mass is 574 g/mol. The van der Waals surface area contributed by atoms with Gasteiger partial charge >= 0.3 is 0 Å². The highest BCUT2D eigenvalue weighted by Crippen LogP contribution is 2.56. The van der Waals surface area contributed by atoms with E-state index in [1.807, 2.05) is 0 Å². The van der Waals surface area contributed by atoms with Crippen molar-refractivity contribution in [3.8, 4) is 0 Å². The van der Waals surface area contributed by atoms with Crippen LogP contribution in [-0.4, -0.2) is 14.9 Å². The Morgan fingerprint density at radius 3 is 1.37 bits per heavy atom. The lowest BCUT2D eigenvalue weighted by atomic mass is 9.62. The van der Waals surface area contributed by atoms with Crippen molar-refractivity contribution in [2.45, 2.75) is 31.6 Å². The van der Waals surface area contributed by atoms with Crippen molar-refractivity contribution in [1.29, 1.82) is 0 Å². The second-order valence-electron chi connectivity index (χ2n) is 12.2. The number of allylic oxidation sites excluding steroid dienone is 2. The quantitative estimate of drug-likeness (QED) is 0.0931. The van der Waals surface area contributed by atoms with Crippen molar-refractivity contribution < 1.29 is 4.43 Å². The van der Waals surface area contributed by atoms with Crippen LogP contribution in [0.15, 0.2) is 152 Å². The van der Waals surface area contributed by atoms with Crippen LogP contribution in [0.3, 0.4) is 0 Å². The molecular formula is C41H38OSi. The molecule has 7 rings (SSSR count). The highest BCUT2D eigenvalue weighted by atomic mass is 28.4. The third-order valence-electron chi connectivity index (χ3n) is 9.74. The van der Waals surface area contributed by atoms with Crippen LogP contribution in [0, 0.1) is 5.41 Å². The highest BCUT2D eigenvalue weighted by Gasteiger charge is 2.45. The average Bonchev–Trinajstić information content (AvgIpc) is 3.72. The van der Waals surface area contributed by atoms with Crippen molar-refractivity contribution in [3.63, 3.8) is 0 Å². The van der Waals surface area contributed by atoms with Gasteiger partial charge in [0.15, 0.2) is 0 Å². The van der Waals surface area contributed by atoms with Gasteiger partial charge in [-0.25, -0.2) is 0 Å². The summed E-state index contributed by atoms with van der Waals surface area (Å²) in [7, 11) is -2.73. The Bertz CT molecular complexity index is 1580. The third kappa shape index (κ3) is 4.95. The van der Waals surface area contributed by atoms with Gasteiger partial charge in [-0.15, -0.1) is 0 Å². The summed E-state index contributed by atoms with van der Waals surface area (Å²) in [6, 6.07) is 50.6. The summed E-state index contributed by atoms with van der Waals surface area (Å²) < 4.78 is 7.35. The Labute approximate surface area is 257 Å². The second-order valence-corrected chi connectivity index (χ2v) is 15.6. The minimum absolute atomic E-state index is 0.00598. The average molecular weight is 575 g/mol. The summed E-state index contributed by atoms with van der Waals surface area (Å²) >= 11 is 0. The first-order chi connectivity index (χ1) is 21.2. The highest BCUT2D eigenvalue weighted by molar-refractivity contribution is 7.07. The maximum atomic E-state index is 7.35. The van der Waals surface area contributed by atoms with E-state index in [0.29, 0.717) is 18.4 Å². The topological polar surface area (TPSA) is 9.23 Å². The van der Waals surface area contributed by atoms with Gasteiger partial charge in [-0.05, 0) is 56.1 Å². The number of fused-ring (bicyclic) bond motifs is 2. The largest absolute Gasteiger partial charge is 0.404 e. The number of benzene rings is 5. The molecule has 0 spiro atoms. The van der Waals surface area contributed by atoms with E-state index in [1.165, 1.54) is 37.8 Å². The summed E-state index contributed by atoms with van der Waals surface area (Å²) in [5.74, 6) is 0.702. The minimum Gasteiger partial charge on any atom is -0.404 e. The smallest absolute Gasteiger partial charge is 0.288 e. The molecule has 212 valence electrons. The first kappa shape index (κ1) is 27.6. The fourth-order valence-corrected chi connectivity index (χ4v) is 11.5. The van der Waals surface area contributed by atoms with Crippen LogP contribution in [0.5, 0.6) is 0 Å². The molecule has 0 amide bonds. The third-order valence-corrected chi connectivity index (χ3v) is 13.8. The van der Waals surface area contributed by atoms with Crippen LogP contribution in [0.1, 0.15) is 53.9 Å². The van der Waals surface area contributed by atoms with E-state index in [1.54, 1.807) is 0 Å². The maximum Gasteiger partial charge on any atom is 0.288 e. The molecule has 2 aliphatic rings. The number of rotatable bonds is 10. The van der Waals surface area contributed by atoms with Gasteiger partial charge in [-0.1, -0.05) is 171 Å². The number of hydrogen-bond acceptors (Lipinski definition) is 1. The van der Waals surface area contributed by atoms with E-state index in [9.17, 15) is 0 Å². The Kier molecular flexibility index (Phi) is 7.57. The molecule has 0 radical (unpaired) electrons. The molecule has 0 bridgehead atoms.